The summed E-state index contributed by atoms with van der Waals surface area (Å²) in [6.07, 6.45) is 4.82. The van der Waals surface area contributed by atoms with E-state index in [-0.39, 0.29) is 11.7 Å². The third-order valence-corrected chi connectivity index (χ3v) is 3.00. The number of para-hydroxylation sites is 1. The maximum atomic E-state index is 12.3. The molecule has 8 heteroatoms. The number of aromatic nitrogens is 3. The maximum absolute atomic E-state index is 12.3. The van der Waals surface area contributed by atoms with E-state index in [1.54, 1.807) is 29.1 Å². The second-order valence-electron chi connectivity index (χ2n) is 4.65. The minimum absolute atomic E-state index is 0.0191. The predicted octanol–water partition coefficient (Wildman–Crippen LogP) is 1.79. The van der Waals surface area contributed by atoms with Crippen molar-refractivity contribution in [3.8, 4) is 5.75 Å². The number of alkyl halides is 2. The molecule has 1 aromatic carbocycles. The van der Waals surface area contributed by atoms with Crippen LogP contribution in [-0.2, 0) is 18.3 Å². The van der Waals surface area contributed by atoms with Crippen LogP contribution in [0.1, 0.15) is 11.4 Å². The van der Waals surface area contributed by atoms with E-state index in [1.165, 1.54) is 18.2 Å². The van der Waals surface area contributed by atoms with Gasteiger partial charge >= 0.3 is 6.61 Å². The Morgan fingerprint density at radius 3 is 2.91 bits per heavy atom. The van der Waals surface area contributed by atoms with Crippen molar-refractivity contribution in [2.24, 2.45) is 7.05 Å². The average Bonchev–Trinajstić information content (AvgIpc) is 2.91. The van der Waals surface area contributed by atoms with Crippen LogP contribution in [0, 0.1) is 0 Å². The predicted molar refractivity (Wildman–Crippen MR) is 79.8 cm³/mol. The van der Waals surface area contributed by atoms with Gasteiger partial charge in [-0.2, -0.15) is 8.78 Å². The highest BCUT2D eigenvalue weighted by atomic mass is 19.3. The topological polar surface area (TPSA) is 69.0 Å². The number of amides is 1. The van der Waals surface area contributed by atoms with Gasteiger partial charge in [0.15, 0.2) is 0 Å². The van der Waals surface area contributed by atoms with Crippen molar-refractivity contribution in [2.75, 3.05) is 6.54 Å². The summed E-state index contributed by atoms with van der Waals surface area (Å²) in [4.78, 5) is 11.7. The first-order chi connectivity index (χ1) is 11.1. The zero-order valence-electron chi connectivity index (χ0n) is 12.4. The molecule has 0 radical (unpaired) electrons. The van der Waals surface area contributed by atoms with Crippen LogP contribution in [0.3, 0.4) is 0 Å². The molecule has 0 spiro atoms. The van der Waals surface area contributed by atoms with Crippen LogP contribution in [0.25, 0.3) is 6.08 Å². The van der Waals surface area contributed by atoms with Gasteiger partial charge in [0.25, 0.3) is 0 Å². The lowest BCUT2D eigenvalue weighted by molar-refractivity contribution is -0.116. The fraction of sp³-hybridized carbons (Fsp3) is 0.267. The van der Waals surface area contributed by atoms with Crippen LogP contribution in [-0.4, -0.2) is 33.8 Å². The molecule has 1 amide bonds. The summed E-state index contributed by atoms with van der Waals surface area (Å²) in [5, 5.41) is 10.3. The van der Waals surface area contributed by atoms with Crippen molar-refractivity contribution in [3.05, 3.63) is 48.1 Å². The monoisotopic (exact) mass is 322 g/mol. The molecule has 0 aliphatic rings. The molecule has 2 rings (SSSR count). The number of nitrogens with zero attached hydrogens (tertiary/aromatic N) is 3. The van der Waals surface area contributed by atoms with E-state index in [4.69, 9.17) is 0 Å². The van der Waals surface area contributed by atoms with Crippen molar-refractivity contribution < 1.29 is 18.3 Å². The molecule has 0 saturated carbocycles. The van der Waals surface area contributed by atoms with Crippen molar-refractivity contribution in [2.45, 2.75) is 13.0 Å². The van der Waals surface area contributed by atoms with Crippen molar-refractivity contribution in [1.82, 2.24) is 20.1 Å². The SMILES string of the molecule is Cn1cnnc1CCNC(=O)C=Cc1ccccc1OC(F)F. The number of nitrogens with one attached hydrogen (secondary N) is 1. The summed E-state index contributed by atoms with van der Waals surface area (Å²) < 4.78 is 30.7. The van der Waals surface area contributed by atoms with E-state index < -0.39 is 6.61 Å². The highest BCUT2D eigenvalue weighted by molar-refractivity contribution is 5.92. The van der Waals surface area contributed by atoms with Crippen LogP contribution < -0.4 is 10.1 Å². The molecule has 6 nitrogen and oxygen atoms in total. The highest BCUT2D eigenvalue weighted by Gasteiger charge is 2.07. The summed E-state index contributed by atoms with van der Waals surface area (Å²) in [5.41, 5.74) is 0.399. The third kappa shape index (κ3) is 5.17. The van der Waals surface area contributed by atoms with E-state index in [1.807, 2.05) is 7.05 Å². The van der Waals surface area contributed by atoms with Crippen LogP contribution >= 0.6 is 0 Å². The first-order valence-corrected chi connectivity index (χ1v) is 6.89. The van der Waals surface area contributed by atoms with Crippen molar-refractivity contribution in [1.29, 1.82) is 0 Å². The summed E-state index contributed by atoms with van der Waals surface area (Å²) in [5.74, 6) is 0.439. The Labute approximate surface area is 131 Å². The number of halogens is 2. The number of hydrogen-bond acceptors (Lipinski definition) is 4. The Kier molecular flexibility index (Phi) is 5.79. The van der Waals surface area contributed by atoms with Crippen LogP contribution in [0.4, 0.5) is 8.78 Å². The average molecular weight is 322 g/mol. The Bertz CT molecular complexity index is 686. The smallest absolute Gasteiger partial charge is 0.387 e. The van der Waals surface area contributed by atoms with E-state index in [9.17, 15) is 13.6 Å². The van der Waals surface area contributed by atoms with Gasteiger partial charge in [-0.25, -0.2) is 0 Å². The number of rotatable bonds is 7. The number of hydrogen-bond donors (Lipinski definition) is 1. The van der Waals surface area contributed by atoms with Crippen molar-refractivity contribution >= 4 is 12.0 Å². The van der Waals surface area contributed by atoms with Gasteiger partial charge in [-0.1, -0.05) is 18.2 Å². The first-order valence-electron chi connectivity index (χ1n) is 6.89. The molecular formula is C15H16F2N4O2. The van der Waals surface area contributed by atoms with Gasteiger partial charge in [0.2, 0.25) is 5.91 Å². The Morgan fingerprint density at radius 1 is 1.43 bits per heavy atom. The quantitative estimate of drug-likeness (QED) is 0.789. The molecule has 0 aliphatic heterocycles. The standard InChI is InChI=1S/C15H16F2N4O2/c1-21-10-19-20-13(21)8-9-18-14(22)7-6-11-4-2-3-5-12(11)23-15(16)17/h2-7,10,15H,8-9H2,1H3,(H,18,22). The van der Waals surface area contributed by atoms with Gasteiger partial charge in [0.1, 0.15) is 17.9 Å². The van der Waals surface area contributed by atoms with Gasteiger partial charge in [0.05, 0.1) is 0 Å². The van der Waals surface area contributed by atoms with Gasteiger partial charge in [0, 0.05) is 31.7 Å². The van der Waals surface area contributed by atoms with Crippen LogP contribution in [0.2, 0.25) is 0 Å². The largest absolute Gasteiger partial charge is 0.434 e. The van der Waals surface area contributed by atoms with Crippen LogP contribution in [0.5, 0.6) is 5.75 Å². The fourth-order valence-electron chi connectivity index (χ4n) is 1.88. The van der Waals surface area contributed by atoms with Crippen molar-refractivity contribution in [3.63, 3.8) is 0 Å². The number of benzene rings is 1. The molecule has 1 aromatic heterocycles. The number of ether oxygens (including phenoxy) is 1. The maximum Gasteiger partial charge on any atom is 0.387 e. The molecular weight excluding hydrogens is 306 g/mol. The fourth-order valence-corrected chi connectivity index (χ4v) is 1.88. The summed E-state index contributed by atoms with van der Waals surface area (Å²) >= 11 is 0. The number of carbonyl (C=O) groups excluding carboxylic acids is 1. The van der Waals surface area contributed by atoms with Crippen LogP contribution in [0.15, 0.2) is 36.7 Å². The van der Waals surface area contributed by atoms with Gasteiger partial charge in [-0.15, -0.1) is 10.2 Å². The third-order valence-electron chi connectivity index (χ3n) is 3.00. The highest BCUT2D eigenvalue weighted by Crippen LogP contribution is 2.21. The molecule has 0 bridgehead atoms. The molecule has 122 valence electrons. The molecule has 0 fully saturated rings. The minimum Gasteiger partial charge on any atom is -0.434 e. The van der Waals surface area contributed by atoms with Gasteiger partial charge in [-0.05, 0) is 12.1 Å². The summed E-state index contributed by atoms with van der Waals surface area (Å²) in [6, 6.07) is 6.25. The number of aryl methyl sites for hydroxylation is 1. The summed E-state index contributed by atoms with van der Waals surface area (Å²) in [6.45, 7) is -2.52. The second kappa shape index (κ2) is 8.02. The lowest BCUT2D eigenvalue weighted by atomic mass is 10.2. The zero-order chi connectivity index (χ0) is 16.7. The molecule has 0 atom stereocenters. The summed E-state index contributed by atoms with van der Waals surface area (Å²) in [7, 11) is 1.82. The van der Waals surface area contributed by atoms with E-state index >= 15 is 0 Å². The molecule has 0 unspecified atom stereocenters. The molecule has 0 saturated heterocycles. The van der Waals surface area contributed by atoms with E-state index in [0.29, 0.717) is 18.5 Å². The molecule has 0 aliphatic carbocycles. The minimum atomic E-state index is -2.91. The zero-order valence-corrected chi connectivity index (χ0v) is 12.4. The molecule has 1 heterocycles. The lowest BCUT2D eigenvalue weighted by Crippen LogP contribution is -2.24. The molecule has 2 aromatic rings. The van der Waals surface area contributed by atoms with E-state index in [0.717, 1.165) is 5.82 Å². The van der Waals surface area contributed by atoms with Gasteiger partial charge < -0.3 is 14.6 Å². The Morgan fingerprint density at radius 2 is 2.22 bits per heavy atom. The lowest BCUT2D eigenvalue weighted by Gasteiger charge is -2.07. The van der Waals surface area contributed by atoms with Gasteiger partial charge in [-0.3, -0.25) is 4.79 Å². The second-order valence-corrected chi connectivity index (χ2v) is 4.65. The Balaban J connectivity index is 1.87. The first kappa shape index (κ1) is 16.6. The molecule has 1 N–H and O–H groups in total. The normalized spacial score (nSPS) is 11.1. The number of carbonyl (C=O) groups is 1. The molecule has 23 heavy (non-hydrogen) atoms. The Hall–Kier alpha value is -2.77. The van der Waals surface area contributed by atoms with E-state index in [2.05, 4.69) is 20.3 Å².